The average molecular weight is 389 g/mol. The molecule has 2 saturated heterocycles. The predicted octanol–water partition coefficient (Wildman–Crippen LogP) is 1.30. The van der Waals surface area contributed by atoms with Crippen molar-refractivity contribution < 1.29 is 14.3 Å². The fourth-order valence-electron chi connectivity index (χ4n) is 3.87. The van der Waals surface area contributed by atoms with Crippen molar-refractivity contribution >= 4 is 17.5 Å². The third-order valence-electron chi connectivity index (χ3n) is 5.55. The Morgan fingerprint density at radius 2 is 1.79 bits per heavy atom. The summed E-state index contributed by atoms with van der Waals surface area (Å²) in [4.78, 5) is 28.8. The number of carbonyl (C=O) groups is 2. The lowest BCUT2D eigenvalue weighted by Crippen LogP contribution is -2.45. The molecule has 2 N–H and O–H groups in total. The van der Waals surface area contributed by atoms with Crippen LogP contribution in [0.2, 0.25) is 0 Å². The van der Waals surface area contributed by atoms with E-state index >= 15 is 0 Å². The molecule has 2 unspecified atom stereocenters. The highest BCUT2D eigenvalue weighted by Gasteiger charge is 2.25. The molecule has 2 heterocycles. The fraction of sp³-hybridized carbons (Fsp3) is 0.619. The van der Waals surface area contributed by atoms with Crippen LogP contribution < -0.4 is 15.5 Å². The highest BCUT2D eigenvalue weighted by molar-refractivity contribution is 6.35. The van der Waals surface area contributed by atoms with Gasteiger partial charge in [0.2, 0.25) is 0 Å². The number of rotatable bonds is 7. The second-order valence-electron chi connectivity index (χ2n) is 7.80. The molecule has 0 bridgehead atoms. The molecule has 7 nitrogen and oxygen atoms in total. The average Bonchev–Trinajstić information content (AvgIpc) is 3.40. The van der Waals surface area contributed by atoms with Crippen molar-refractivity contribution in [3.05, 3.63) is 29.8 Å². The Labute approximate surface area is 167 Å². The number of hydrogen-bond donors (Lipinski definition) is 2. The van der Waals surface area contributed by atoms with E-state index in [1.807, 2.05) is 14.1 Å². The van der Waals surface area contributed by atoms with Crippen LogP contribution in [0.3, 0.4) is 0 Å². The number of carbonyl (C=O) groups excluding carboxylic acids is 2. The van der Waals surface area contributed by atoms with Gasteiger partial charge in [-0.2, -0.15) is 0 Å². The monoisotopic (exact) mass is 388 g/mol. The first-order valence-electron chi connectivity index (χ1n) is 10.2. The van der Waals surface area contributed by atoms with Gasteiger partial charge in [0.25, 0.3) is 0 Å². The molecule has 2 amide bonds. The summed E-state index contributed by atoms with van der Waals surface area (Å²) in [6.07, 6.45) is 4.31. The van der Waals surface area contributed by atoms with Crippen LogP contribution in [0, 0.1) is 0 Å². The van der Waals surface area contributed by atoms with Gasteiger partial charge in [0.15, 0.2) is 0 Å². The van der Waals surface area contributed by atoms with Crippen LogP contribution in [-0.4, -0.2) is 69.7 Å². The van der Waals surface area contributed by atoms with Gasteiger partial charge in [0.1, 0.15) is 0 Å². The topological polar surface area (TPSA) is 73.9 Å². The molecule has 3 rings (SSSR count). The van der Waals surface area contributed by atoms with Gasteiger partial charge < -0.3 is 20.3 Å². The normalized spacial score (nSPS) is 20.7. The summed E-state index contributed by atoms with van der Waals surface area (Å²) in [5.74, 6) is -1.16. The summed E-state index contributed by atoms with van der Waals surface area (Å²) in [5.41, 5.74) is 2.30. The zero-order valence-electron chi connectivity index (χ0n) is 16.9. The number of amides is 2. The quantitative estimate of drug-likeness (QED) is 0.689. The SMILES string of the molecule is CN(C)c1ccc(C(CNC(=O)C(=O)NCC2CCCO2)N2CCCC2)cc1. The number of benzene rings is 1. The maximum Gasteiger partial charge on any atom is 0.309 e. The molecule has 0 aliphatic carbocycles. The molecule has 2 aliphatic heterocycles. The van der Waals surface area contributed by atoms with Gasteiger partial charge in [-0.15, -0.1) is 0 Å². The van der Waals surface area contributed by atoms with Crippen molar-refractivity contribution in [2.75, 3.05) is 51.8 Å². The Hall–Kier alpha value is -2.12. The number of nitrogens with one attached hydrogen (secondary N) is 2. The van der Waals surface area contributed by atoms with Crippen LogP contribution >= 0.6 is 0 Å². The second-order valence-corrected chi connectivity index (χ2v) is 7.80. The van der Waals surface area contributed by atoms with Gasteiger partial charge in [-0.1, -0.05) is 12.1 Å². The largest absolute Gasteiger partial charge is 0.378 e. The van der Waals surface area contributed by atoms with Gasteiger partial charge in [0, 0.05) is 39.5 Å². The molecule has 0 aromatic heterocycles. The minimum absolute atomic E-state index is 0.0318. The number of anilines is 1. The van der Waals surface area contributed by atoms with Crippen molar-refractivity contribution in [3.63, 3.8) is 0 Å². The molecular weight excluding hydrogens is 356 g/mol. The van der Waals surface area contributed by atoms with E-state index in [0.717, 1.165) is 43.8 Å². The zero-order chi connectivity index (χ0) is 19.9. The summed E-state index contributed by atoms with van der Waals surface area (Å²) in [6, 6.07) is 8.49. The first-order valence-corrected chi connectivity index (χ1v) is 10.2. The third kappa shape index (κ3) is 5.45. The highest BCUT2D eigenvalue weighted by atomic mass is 16.5. The summed E-state index contributed by atoms with van der Waals surface area (Å²) >= 11 is 0. The Morgan fingerprint density at radius 3 is 2.39 bits per heavy atom. The molecule has 0 radical (unpaired) electrons. The summed E-state index contributed by atoms with van der Waals surface area (Å²) < 4.78 is 5.48. The summed E-state index contributed by atoms with van der Waals surface area (Å²) in [7, 11) is 4.03. The fourth-order valence-corrected chi connectivity index (χ4v) is 3.87. The smallest absolute Gasteiger partial charge is 0.309 e. The lowest BCUT2D eigenvalue weighted by atomic mass is 10.0. The van der Waals surface area contributed by atoms with Gasteiger partial charge in [-0.25, -0.2) is 0 Å². The van der Waals surface area contributed by atoms with Gasteiger partial charge in [-0.3, -0.25) is 14.5 Å². The van der Waals surface area contributed by atoms with Crippen molar-refractivity contribution in [1.82, 2.24) is 15.5 Å². The van der Waals surface area contributed by atoms with Gasteiger partial charge >= 0.3 is 11.8 Å². The van der Waals surface area contributed by atoms with E-state index in [1.54, 1.807) is 0 Å². The molecule has 2 atom stereocenters. The molecule has 154 valence electrons. The van der Waals surface area contributed by atoms with Crippen molar-refractivity contribution in [1.29, 1.82) is 0 Å². The highest BCUT2D eigenvalue weighted by Crippen LogP contribution is 2.26. The Bertz CT molecular complexity index is 650. The summed E-state index contributed by atoms with van der Waals surface area (Å²) in [5, 5.41) is 5.51. The molecule has 2 fully saturated rings. The Kier molecular flexibility index (Phi) is 7.28. The molecule has 7 heteroatoms. The molecule has 0 saturated carbocycles. The maximum absolute atomic E-state index is 12.3. The summed E-state index contributed by atoms with van der Waals surface area (Å²) in [6.45, 7) is 3.58. The number of nitrogens with zero attached hydrogens (tertiary/aromatic N) is 2. The van der Waals surface area contributed by atoms with Crippen molar-refractivity contribution in [3.8, 4) is 0 Å². The first-order chi connectivity index (χ1) is 13.5. The lowest BCUT2D eigenvalue weighted by molar-refractivity contribution is -0.139. The van der Waals surface area contributed by atoms with E-state index in [4.69, 9.17) is 4.74 Å². The molecule has 28 heavy (non-hydrogen) atoms. The minimum Gasteiger partial charge on any atom is -0.378 e. The van der Waals surface area contributed by atoms with Gasteiger partial charge in [-0.05, 0) is 56.5 Å². The second kappa shape index (κ2) is 9.89. The van der Waals surface area contributed by atoms with E-state index in [1.165, 1.54) is 12.8 Å². The third-order valence-corrected chi connectivity index (χ3v) is 5.55. The number of ether oxygens (including phenoxy) is 1. The van der Waals surface area contributed by atoms with Crippen LogP contribution in [-0.2, 0) is 14.3 Å². The van der Waals surface area contributed by atoms with Crippen LogP contribution in [0.1, 0.15) is 37.3 Å². The van der Waals surface area contributed by atoms with Crippen LogP contribution in [0.5, 0.6) is 0 Å². The maximum atomic E-state index is 12.3. The van der Waals surface area contributed by atoms with Crippen LogP contribution in [0.25, 0.3) is 0 Å². The van der Waals surface area contributed by atoms with E-state index in [-0.39, 0.29) is 12.1 Å². The standard InChI is InChI=1S/C21H32N4O3/c1-24(2)17-9-7-16(8-10-17)19(25-11-3-4-12-25)15-23-21(27)20(26)22-14-18-6-5-13-28-18/h7-10,18-19H,3-6,11-15H2,1-2H3,(H,22,26)(H,23,27). The number of likely N-dealkylation sites (tertiary alicyclic amines) is 1. The van der Waals surface area contributed by atoms with E-state index in [0.29, 0.717) is 13.1 Å². The van der Waals surface area contributed by atoms with Crippen molar-refractivity contribution in [2.24, 2.45) is 0 Å². The Balaban J connectivity index is 1.56. The molecule has 0 spiro atoms. The molecule has 1 aromatic rings. The first kappa shape index (κ1) is 20.6. The lowest BCUT2D eigenvalue weighted by Gasteiger charge is -2.28. The molecular formula is C21H32N4O3. The van der Waals surface area contributed by atoms with E-state index in [9.17, 15) is 9.59 Å². The Morgan fingerprint density at radius 1 is 1.11 bits per heavy atom. The minimum atomic E-state index is -0.585. The van der Waals surface area contributed by atoms with Crippen LogP contribution in [0.4, 0.5) is 5.69 Å². The van der Waals surface area contributed by atoms with E-state index in [2.05, 4.69) is 44.7 Å². The predicted molar refractivity (Wildman–Crippen MR) is 109 cm³/mol. The van der Waals surface area contributed by atoms with Crippen LogP contribution in [0.15, 0.2) is 24.3 Å². The van der Waals surface area contributed by atoms with E-state index < -0.39 is 11.8 Å². The molecule has 2 aliphatic rings. The van der Waals surface area contributed by atoms with Gasteiger partial charge in [0.05, 0.1) is 12.1 Å². The van der Waals surface area contributed by atoms with Crippen molar-refractivity contribution in [2.45, 2.75) is 37.8 Å². The molecule has 1 aromatic carbocycles. The number of hydrogen-bond acceptors (Lipinski definition) is 5. The zero-order valence-corrected chi connectivity index (χ0v) is 16.9.